The van der Waals surface area contributed by atoms with Crippen LogP contribution in [0.3, 0.4) is 0 Å². The van der Waals surface area contributed by atoms with Crippen LogP contribution in [0.2, 0.25) is 0 Å². The van der Waals surface area contributed by atoms with Gasteiger partial charge in [-0.15, -0.1) is 0 Å². The number of amidine groups is 2. The highest BCUT2D eigenvalue weighted by molar-refractivity contribution is 6.00. The van der Waals surface area contributed by atoms with E-state index in [0.29, 0.717) is 18.7 Å². The van der Waals surface area contributed by atoms with E-state index in [1.54, 1.807) is 0 Å². The number of fused-ring (bicyclic) bond motifs is 2. The first-order valence-electron chi connectivity index (χ1n) is 11.7. The van der Waals surface area contributed by atoms with Crippen LogP contribution in [0.1, 0.15) is 57.1 Å². The Morgan fingerprint density at radius 2 is 1.84 bits per heavy atom. The average molecular weight is 439 g/mol. The normalized spacial score (nSPS) is 19.5. The van der Waals surface area contributed by atoms with Crippen LogP contribution in [0.15, 0.2) is 45.8 Å². The number of amides is 1. The van der Waals surface area contributed by atoms with Crippen molar-refractivity contribution in [3.63, 3.8) is 0 Å². The summed E-state index contributed by atoms with van der Waals surface area (Å²) in [5, 5.41) is 2.90. The molecule has 8 nitrogen and oxygen atoms in total. The Morgan fingerprint density at radius 3 is 2.56 bits per heavy atom. The van der Waals surface area contributed by atoms with E-state index < -0.39 is 0 Å². The minimum absolute atomic E-state index is 0.0290. The third-order valence-electron chi connectivity index (χ3n) is 6.23. The fourth-order valence-electron chi connectivity index (χ4n) is 4.41. The van der Waals surface area contributed by atoms with Crippen molar-refractivity contribution in [2.75, 3.05) is 19.6 Å². The first-order chi connectivity index (χ1) is 15.5. The molecule has 3 N–H and O–H groups in total. The van der Waals surface area contributed by atoms with Gasteiger partial charge in [0.15, 0.2) is 0 Å². The third-order valence-corrected chi connectivity index (χ3v) is 6.23. The van der Waals surface area contributed by atoms with Gasteiger partial charge in [0.25, 0.3) is 0 Å². The lowest BCUT2D eigenvalue weighted by Crippen LogP contribution is -2.36. The molecule has 0 atom stereocenters. The molecule has 1 aromatic carbocycles. The number of nitrogens with two attached hydrogens (primary N) is 1. The molecular weight excluding hydrogens is 404 g/mol. The molecule has 0 aliphatic carbocycles. The molecule has 0 radical (unpaired) electrons. The van der Waals surface area contributed by atoms with E-state index >= 15 is 0 Å². The van der Waals surface area contributed by atoms with E-state index in [1.807, 2.05) is 4.90 Å². The molecule has 0 unspecified atom stereocenters. The zero-order chi connectivity index (χ0) is 22.5. The highest BCUT2D eigenvalue weighted by Gasteiger charge is 2.27. The maximum Gasteiger partial charge on any atom is 0.320 e. The first kappa shape index (κ1) is 22.3. The van der Waals surface area contributed by atoms with E-state index in [4.69, 9.17) is 15.5 Å². The maximum atomic E-state index is 12.5. The largest absolute Gasteiger partial charge is 0.460 e. The molecule has 0 aromatic heterocycles. The van der Waals surface area contributed by atoms with Crippen molar-refractivity contribution < 1.29 is 9.53 Å². The maximum absolute atomic E-state index is 12.5. The molecular formula is C24H34N6O2. The van der Waals surface area contributed by atoms with Crippen LogP contribution in [-0.4, -0.2) is 53.3 Å². The molecule has 3 aliphatic heterocycles. The summed E-state index contributed by atoms with van der Waals surface area (Å²) in [4.78, 5) is 26.1. The lowest BCUT2D eigenvalue weighted by molar-refractivity contribution is -0.120. The van der Waals surface area contributed by atoms with Crippen molar-refractivity contribution in [1.82, 2.24) is 15.1 Å². The lowest BCUT2D eigenvalue weighted by atomic mass is 10.1. The van der Waals surface area contributed by atoms with Gasteiger partial charge in [0.1, 0.15) is 17.8 Å². The number of nitrogens with one attached hydrogen (secondary N) is 1. The molecule has 32 heavy (non-hydrogen) atoms. The van der Waals surface area contributed by atoms with Crippen molar-refractivity contribution in [3.05, 3.63) is 46.9 Å². The zero-order valence-electron chi connectivity index (χ0n) is 19.1. The monoisotopic (exact) mass is 438 g/mol. The molecule has 0 saturated carbocycles. The number of nitrogens with zero attached hydrogens (tertiary/aromatic N) is 4. The molecule has 2 bridgehead atoms. The van der Waals surface area contributed by atoms with Crippen molar-refractivity contribution in [2.24, 2.45) is 15.7 Å². The third kappa shape index (κ3) is 5.48. The van der Waals surface area contributed by atoms with Gasteiger partial charge in [-0.25, -0.2) is 0 Å². The minimum Gasteiger partial charge on any atom is -0.460 e. The second-order valence-electron chi connectivity index (χ2n) is 8.73. The lowest BCUT2D eigenvalue weighted by Gasteiger charge is -2.24. The summed E-state index contributed by atoms with van der Waals surface area (Å²) in [6.45, 7) is 8.26. The Morgan fingerprint density at radius 1 is 1.12 bits per heavy atom. The van der Waals surface area contributed by atoms with Crippen molar-refractivity contribution in [3.8, 4) is 0 Å². The summed E-state index contributed by atoms with van der Waals surface area (Å²) in [6, 6.07) is 8.88. The summed E-state index contributed by atoms with van der Waals surface area (Å²) >= 11 is 0. The van der Waals surface area contributed by atoms with Gasteiger partial charge in [-0.05, 0) is 49.9 Å². The number of carbonyl (C=O) groups excluding carboxylic acids is 1. The topological polar surface area (TPSA) is 95.6 Å². The molecule has 4 rings (SSSR count). The standard InChI is InChI=1S/C24H34N6O2/c1-3-19(4-2)32-24-27-21-13-20(23(25)28-24)26-22(31)16-30(21)15-18-9-7-8-17(12-18)14-29-10-5-6-11-29/h7-9,12,19H,3-6,10-11,13-16,25H2,1-2H3,(H,26,31). The average Bonchev–Trinajstić information content (AvgIpc) is 3.17. The number of carbonyl (C=O) groups is 1. The van der Waals surface area contributed by atoms with Crippen LogP contribution in [0.5, 0.6) is 0 Å². The second kappa shape index (κ2) is 10.2. The molecule has 2 saturated heterocycles. The number of hydrogen-bond acceptors (Lipinski definition) is 7. The number of rotatable bonds is 7. The van der Waals surface area contributed by atoms with Crippen LogP contribution >= 0.6 is 0 Å². The number of aliphatic imine (C=N–C) groups is 2. The molecule has 2 fully saturated rings. The SMILES string of the molecule is CCC(CC)OC1=NC(N)=C2CC(=N1)N(Cc1cccc(CN3CCCC3)c1)CC(=O)N2. The molecule has 8 heteroatoms. The van der Waals surface area contributed by atoms with Crippen LogP contribution < -0.4 is 11.1 Å². The van der Waals surface area contributed by atoms with Crippen molar-refractivity contribution in [2.45, 2.75) is 65.1 Å². The highest BCUT2D eigenvalue weighted by Crippen LogP contribution is 2.20. The van der Waals surface area contributed by atoms with Gasteiger partial charge in [-0.1, -0.05) is 38.1 Å². The molecule has 172 valence electrons. The number of benzene rings is 1. The summed E-state index contributed by atoms with van der Waals surface area (Å²) in [7, 11) is 0. The van der Waals surface area contributed by atoms with Gasteiger partial charge >= 0.3 is 6.02 Å². The predicted molar refractivity (Wildman–Crippen MR) is 126 cm³/mol. The summed E-state index contributed by atoms with van der Waals surface area (Å²) in [6.07, 6.45) is 4.74. The Balaban J connectivity index is 1.56. The second-order valence-corrected chi connectivity index (χ2v) is 8.73. The molecule has 3 heterocycles. The van der Waals surface area contributed by atoms with Gasteiger partial charge in [-0.2, -0.15) is 9.98 Å². The summed E-state index contributed by atoms with van der Waals surface area (Å²) in [5.41, 5.74) is 9.20. The smallest absolute Gasteiger partial charge is 0.320 e. The van der Waals surface area contributed by atoms with E-state index in [2.05, 4.69) is 53.3 Å². The molecule has 3 aliphatic rings. The number of likely N-dealkylation sites (tertiary alicyclic amines) is 1. The van der Waals surface area contributed by atoms with E-state index in [1.165, 1.54) is 31.5 Å². The van der Waals surface area contributed by atoms with Gasteiger partial charge in [0, 0.05) is 19.5 Å². The molecule has 1 amide bonds. The summed E-state index contributed by atoms with van der Waals surface area (Å²) in [5.74, 6) is 0.891. The van der Waals surface area contributed by atoms with E-state index in [9.17, 15) is 4.79 Å². The van der Waals surface area contributed by atoms with E-state index in [0.717, 1.165) is 30.8 Å². The fraction of sp³-hybridized carbons (Fsp3) is 0.542. The van der Waals surface area contributed by atoms with Crippen LogP contribution in [0.4, 0.5) is 0 Å². The number of ether oxygens (including phenoxy) is 1. The predicted octanol–water partition coefficient (Wildman–Crippen LogP) is 2.71. The fourth-order valence-corrected chi connectivity index (χ4v) is 4.41. The Labute approximate surface area is 190 Å². The highest BCUT2D eigenvalue weighted by atomic mass is 16.5. The zero-order valence-corrected chi connectivity index (χ0v) is 19.1. The van der Waals surface area contributed by atoms with Crippen LogP contribution in [0.25, 0.3) is 0 Å². The quantitative estimate of drug-likeness (QED) is 0.682. The first-order valence-corrected chi connectivity index (χ1v) is 11.7. The molecule has 1 aromatic rings. The Hall–Kier alpha value is -2.87. The number of hydrogen-bond donors (Lipinski definition) is 2. The Kier molecular flexibility index (Phi) is 7.09. The van der Waals surface area contributed by atoms with Crippen molar-refractivity contribution >= 4 is 17.8 Å². The van der Waals surface area contributed by atoms with E-state index in [-0.39, 0.29) is 30.4 Å². The summed E-state index contributed by atoms with van der Waals surface area (Å²) < 4.78 is 6.01. The molecule has 0 spiro atoms. The van der Waals surface area contributed by atoms with Crippen molar-refractivity contribution in [1.29, 1.82) is 0 Å². The Bertz CT molecular complexity index is 928. The van der Waals surface area contributed by atoms with Gasteiger partial charge in [0.05, 0.1) is 12.2 Å². The van der Waals surface area contributed by atoms with Crippen LogP contribution in [-0.2, 0) is 22.6 Å². The van der Waals surface area contributed by atoms with Gasteiger partial charge < -0.3 is 20.7 Å². The van der Waals surface area contributed by atoms with Crippen LogP contribution in [0, 0.1) is 0 Å². The van der Waals surface area contributed by atoms with Gasteiger partial charge in [-0.3, -0.25) is 9.69 Å². The minimum atomic E-state index is -0.110. The van der Waals surface area contributed by atoms with Gasteiger partial charge in [0.2, 0.25) is 5.91 Å².